The van der Waals surface area contributed by atoms with Gasteiger partial charge in [-0.2, -0.15) is 0 Å². The van der Waals surface area contributed by atoms with Gasteiger partial charge in [-0.25, -0.2) is 4.79 Å². The van der Waals surface area contributed by atoms with Crippen molar-refractivity contribution in [2.24, 2.45) is 0 Å². The average molecular weight is 568 g/mol. The predicted molar refractivity (Wildman–Crippen MR) is 163 cm³/mol. The topological polar surface area (TPSA) is 88.5 Å². The molecular weight excluding hydrogens is 534 g/mol. The number of benzene rings is 2. The molecule has 3 heterocycles. The lowest BCUT2D eigenvalue weighted by molar-refractivity contribution is -0.116. The molecule has 1 aliphatic rings. The van der Waals surface area contributed by atoms with Crippen molar-refractivity contribution in [3.63, 3.8) is 0 Å². The number of amides is 1. The fourth-order valence-corrected chi connectivity index (χ4v) is 5.75. The van der Waals surface area contributed by atoms with Gasteiger partial charge in [-0.05, 0) is 93.1 Å². The summed E-state index contributed by atoms with van der Waals surface area (Å²) < 4.78 is 7.01. The van der Waals surface area contributed by atoms with Crippen LogP contribution in [0.3, 0.4) is 0 Å². The van der Waals surface area contributed by atoms with Crippen LogP contribution in [0.1, 0.15) is 57.1 Å². The van der Waals surface area contributed by atoms with E-state index in [0.717, 1.165) is 39.6 Å². The molecule has 1 amide bonds. The number of esters is 1. The molecule has 1 saturated heterocycles. The monoisotopic (exact) mass is 567 g/mol. The maximum absolute atomic E-state index is 12.9. The molecule has 0 bridgehead atoms. The number of aromatic nitrogens is 2. The highest BCUT2D eigenvalue weighted by molar-refractivity contribution is 7.80. The molecule has 210 valence electrons. The highest BCUT2D eigenvalue weighted by atomic mass is 32.1. The number of anilines is 1. The first kappa shape index (κ1) is 28.0. The summed E-state index contributed by atoms with van der Waals surface area (Å²) in [6, 6.07) is 22.8. The fraction of sp³-hybridized carbons (Fsp3) is 0.250. The van der Waals surface area contributed by atoms with Crippen LogP contribution in [0.25, 0.3) is 5.69 Å². The largest absolute Gasteiger partial charge is 0.465 e. The van der Waals surface area contributed by atoms with Crippen molar-refractivity contribution in [3.05, 3.63) is 113 Å². The number of carbonyl (C=O) groups is 2. The molecule has 2 aromatic heterocycles. The molecule has 1 aliphatic heterocycles. The number of rotatable bonds is 8. The van der Waals surface area contributed by atoms with Gasteiger partial charge < -0.3 is 24.8 Å². The minimum atomic E-state index is -0.371. The molecule has 4 aromatic rings. The number of nitrogens with zero attached hydrogens (tertiary/aromatic N) is 3. The molecule has 0 saturated carbocycles. The molecule has 5 rings (SSSR count). The molecule has 0 radical (unpaired) electrons. The van der Waals surface area contributed by atoms with Gasteiger partial charge >= 0.3 is 5.97 Å². The molecule has 2 aromatic carbocycles. The SMILES string of the molecule is COC(=O)c1ccc(-n2c(C)cc(C3C(c4ccccn4)NC(=S)N3CCC(=O)Nc3ccc(C)cc3)c2C)cc1. The van der Waals surface area contributed by atoms with Gasteiger partial charge in [0.25, 0.3) is 0 Å². The van der Waals surface area contributed by atoms with Gasteiger partial charge in [0.05, 0.1) is 30.5 Å². The lowest BCUT2D eigenvalue weighted by Crippen LogP contribution is -2.32. The van der Waals surface area contributed by atoms with Crippen LogP contribution in [0.4, 0.5) is 5.69 Å². The molecule has 2 atom stereocenters. The number of methoxy groups -OCH3 is 1. The first-order chi connectivity index (χ1) is 19.8. The Morgan fingerprint density at radius 2 is 1.76 bits per heavy atom. The van der Waals surface area contributed by atoms with Crippen molar-refractivity contribution in [1.82, 2.24) is 19.8 Å². The quantitative estimate of drug-likeness (QED) is 0.212. The van der Waals surface area contributed by atoms with E-state index in [1.54, 1.807) is 18.3 Å². The van der Waals surface area contributed by atoms with Gasteiger partial charge in [-0.1, -0.05) is 23.8 Å². The van der Waals surface area contributed by atoms with Gasteiger partial charge in [0.1, 0.15) is 0 Å². The number of carbonyl (C=O) groups excluding carboxylic acids is 2. The lowest BCUT2D eigenvalue weighted by atomic mass is 9.96. The van der Waals surface area contributed by atoms with E-state index < -0.39 is 0 Å². The third kappa shape index (κ3) is 5.85. The van der Waals surface area contributed by atoms with E-state index in [-0.39, 0.29) is 30.4 Å². The number of ether oxygens (including phenoxy) is 1. The summed E-state index contributed by atoms with van der Waals surface area (Å²) in [7, 11) is 1.37. The first-order valence-electron chi connectivity index (χ1n) is 13.5. The van der Waals surface area contributed by atoms with Gasteiger partial charge in [0.2, 0.25) is 5.91 Å². The molecule has 0 aliphatic carbocycles. The molecule has 9 heteroatoms. The minimum absolute atomic E-state index is 0.0761. The lowest BCUT2D eigenvalue weighted by Gasteiger charge is -2.28. The summed E-state index contributed by atoms with van der Waals surface area (Å²) in [5.41, 5.74) is 7.38. The van der Waals surface area contributed by atoms with E-state index in [1.165, 1.54) is 7.11 Å². The van der Waals surface area contributed by atoms with E-state index >= 15 is 0 Å². The van der Waals surface area contributed by atoms with Crippen LogP contribution >= 0.6 is 12.2 Å². The molecule has 41 heavy (non-hydrogen) atoms. The van der Waals surface area contributed by atoms with Crippen LogP contribution in [0.5, 0.6) is 0 Å². The van der Waals surface area contributed by atoms with Crippen molar-refractivity contribution in [2.75, 3.05) is 19.0 Å². The van der Waals surface area contributed by atoms with E-state index in [2.05, 4.69) is 45.0 Å². The molecule has 0 spiro atoms. The molecular formula is C32H33N5O3S. The zero-order chi connectivity index (χ0) is 29.1. The normalized spacial score (nSPS) is 16.4. The van der Waals surface area contributed by atoms with Gasteiger partial charge in [0, 0.05) is 41.9 Å². The number of hydrogen-bond donors (Lipinski definition) is 2. The van der Waals surface area contributed by atoms with Crippen LogP contribution in [-0.4, -0.2) is 45.1 Å². The van der Waals surface area contributed by atoms with E-state index in [1.807, 2.05) is 61.5 Å². The highest BCUT2D eigenvalue weighted by Gasteiger charge is 2.41. The van der Waals surface area contributed by atoms with Crippen molar-refractivity contribution in [3.8, 4) is 5.69 Å². The van der Waals surface area contributed by atoms with Crippen LogP contribution < -0.4 is 10.6 Å². The Kier molecular flexibility index (Phi) is 8.16. The van der Waals surface area contributed by atoms with Crippen molar-refractivity contribution in [2.45, 2.75) is 39.3 Å². The second-order valence-electron chi connectivity index (χ2n) is 10.2. The summed E-state index contributed by atoms with van der Waals surface area (Å²) >= 11 is 5.82. The summed E-state index contributed by atoms with van der Waals surface area (Å²) in [5, 5.41) is 7.05. The fourth-order valence-electron chi connectivity index (χ4n) is 5.42. The van der Waals surface area contributed by atoms with Crippen molar-refractivity contribution in [1.29, 1.82) is 0 Å². The van der Waals surface area contributed by atoms with E-state index in [9.17, 15) is 9.59 Å². The number of nitrogens with one attached hydrogen (secondary N) is 2. The average Bonchev–Trinajstić information content (AvgIpc) is 3.47. The Balaban J connectivity index is 1.45. The van der Waals surface area contributed by atoms with E-state index in [4.69, 9.17) is 17.0 Å². The number of aryl methyl sites for hydroxylation is 2. The zero-order valence-electron chi connectivity index (χ0n) is 23.5. The predicted octanol–water partition coefficient (Wildman–Crippen LogP) is 5.59. The first-order valence-corrected chi connectivity index (χ1v) is 13.9. The summed E-state index contributed by atoms with van der Waals surface area (Å²) in [4.78, 5) is 31.6. The maximum atomic E-state index is 12.9. The van der Waals surface area contributed by atoms with E-state index in [0.29, 0.717) is 17.2 Å². The van der Waals surface area contributed by atoms with Crippen LogP contribution in [0, 0.1) is 20.8 Å². The van der Waals surface area contributed by atoms with Gasteiger partial charge in [-0.3, -0.25) is 9.78 Å². The van der Waals surface area contributed by atoms with Crippen molar-refractivity contribution >= 4 is 34.9 Å². The summed E-state index contributed by atoms with van der Waals surface area (Å²) in [6.07, 6.45) is 2.05. The molecule has 1 fully saturated rings. The Labute approximate surface area is 245 Å². The molecule has 2 unspecified atom stereocenters. The highest BCUT2D eigenvalue weighted by Crippen LogP contribution is 2.41. The number of hydrogen-bond acceptors (Lipinski definition) is 5. The third-order valence-corrected chi connectivity index (χ3v) is 7.80. The second kappa shape index (κ2) is 11.9. The maximum Gasteiger partial charge on any atom is 0.337 e. The van der Waals surface area contributed by atoms with Crippen molar-refractivity contribution < 1.29 is 14.3 Å². The summed E-state index contributed by atoms with van der Waals surface area (Å²) in [6.45, 7) is 6.59. The zero-order valence-corrected chi connectivity index (χ0v) is 24.4. The Bertz CT molecular complexity index is 1570. The van der Waals surface area contributed by atoms with Crippen LogP contribution in [0.15, 0.2) is 79.0 Å². The molecule has 2 N–H and O–H groups in total. The Hall–Kier alpha value is -4.50. The van der Waals surface area contributed by atoms with Crippen LogP contribution in [0.2, 0.25) is 0 Å². The third-order valence-electron chi connectivity index (χ3n) is 7.45. The number of pyridine rings is 1. The van der Waals surface area contributed by atoms with Gasteiger partial charge in [0.15, 0.2) is 5.11 Å². The Morgan fingerprint density at radius 1 is 1.02 bits per heavy atom. The number of thiocarbonyl (C=S) groups is 1. The molecule has 8 nitrogen and oxygen atoms in total. The second-order valence-corrected chi connectivity index (χ2v) is 10.6. The standard InChI is InChI=1S/C32H33N5O3S/c1-20-8-12-24(13-9-20)34-28(38)16-18-36-30(29(35-32(36)41)27-7-5-6-17-33-27)26-19-21(2)37(22(26)3)25-14-10-23(11-15-25)31(39)40-4/h5-15,17,19,29-30H,16,18H2,1-4H3,(H,34,38)(H,35,41). The summed E-state index contributed by atoms with van der Waals surface area (Å²) in [5.74, 6) is -0.447. The minimum Gasteiger partial charge on any atom is -0.465 e. The Morgan fingerprint density at radius 3 is 2.41 bits per heavy atom. The smallest absolute Gasteiger partial charge is 0.337 e. The van der Waals surface area contributed by atoms with Crippen LogP contribution in [-0.2, 0) is 9.53 Å². The van der Waals surface area contributed by atoms with Gasteiger partial charge in [-0.15, -0.1) is 0 Å².